The number of hydrogen-bond acceptors (Lipinski definition) is 3. The number of piperazine rings is 1. The van der Waals surface area contributed by atoms with Gasteiger partial charge in [0.15, 0.2) is 0 Å². The predicted molar refractivity (Wildman–Crippen MR) is 86.0 cm³/mol. The summed E-state index contributed by atoms with van der Waals surface area (Å²) >= 11 is 3.35. The van der Waals surface area contributed by atoms with Crippen LogP contribution in [0.1, 0.15) is 5.56 Å². The molecule has 2 heterocycles. The van der Waals surface area contributed by atoms with Crippen LogP contribution in [-0.4, -0.2) is 35.4 Å². The number of amides is 1. The highest BCUT2D eigenvalue weighted by Gasteiger charge is 2.24. The molecule has 0 unspecified atom stereocenters. The van der Waals surface area contributed by atoms with Crippen molar-refractivity contribution in [2.75, 3.05) is 24.5 Å². The summed E-state index contributed by atoms with van der Waals surface area (Å²) in [6.45, 7) is 2.06. The molecular formula is C16H15BrFN3O. The molecule has 1 fully saturated rings. The van der Waals surface area contributed by atoms with Crippen LogP contribution in [0, 0.1) is 5.82 Å². The molecule has 3 rings (SSSR count). The molecule has 6 heteroatoms. The lowest BCUT2D eigenvalue weighted by molar-refractivity contribution is -0.131. The molecule has 0 atom stereocenters. The molecule has 0 aliphatic carbocycles. The molecule has 2 aromatic rings. The lowest BCUT2D eigenvalue weighted by Gasteiger charge is -2.35. The molecule has 0 N–H and O–H groups in total. The number of pyridine rings is 1. The minimum atomic E-state index is -0.275. The summed E-state index contributed by atoms with van der Waals surface area (Å²) in [5.41, 5.74) is 0.809. The van der Waals surface area contributed by atoms with E-state index in [4.69, 9.17) is 0 Å². The first-order valence-electron chi connectivity index (χ1n) is 7.00. The summed E-state index contributed by atoms with van der Waals surface area (Å²) in [6, 6.07) is 10.2. The maximum Gasteiger partial charge on any atom is 0.242 e. The molecule has 4 nitrogen and oxygen atoms in total. The van der Waals surface area contributed by atoms with E-state index in [-0.39, 0.29) is 11.7 Å². The largest absolute Gasteiger partial charge is 0.346 e. The number of carbonyl (C=O) groups is 1. The zero-order chi connectivity index (χ0) is 15.5. The Bertz CT molecular complexity index is 677. The van der Waals surface area contributed by atoms with E-state index in [1.807, 2.05) is 23.1 Å². The van der Waals surface area contributed by atoms with Gasteiger partial charge in [0.25, 0.3) is 0 Å². The second-order valence-corrected chi connectivity index (χ2v) is 6.12. The summed E-state index contributed by atoms with van der Waals surface area (Å²) in [5, 5.41) is 0. The van der Waals surface area contributed by atoms with Crippen molar-refractivity contribution in [2.24, 2.45) is 0 Å². The van der Waals surface area contributed by atoms with Crippen molar-refractivity contribution in [3.63, 3.8) is 0 Å². The Labute approximate surface area is 136 Å². The van der Waals surface area contributed by atoms with Crippen LogP contribution in [0.25, 0.3) is 0 Å². The number of benzene rings is 1. The fourth-order valence-electron chi connectivity index (χ4n) is 2.48. The van der Waals surface area contributed by atoms with Crippen LogP contribution < -0.4 is 4.90 Å². The SMILES string of the molecule is O=C1CN(c2ccc(Br)cn2)CCN1Cc1cccc(F)c1. The maximum absolute atomic E-state index is 13.2. The maximum atomic E-state index is 13.2. The Kier molecular flexibility index (Phi) is 4.38. The third-order valence-electron chi connectivity index (χ3n) is 3.62. The van der Waals surface area contributed by atoms with Crippen LogP contribution in [-0.2, 0) is 11.3 Å². The van der Waals surface area contributed by atoms with Crippen molar-refractivity contribution in [1.29, 1.82) is 0 Å². The van der Waals surface area contributed by atoms with Crippen molar-refractivity contribution in [1.82, 2.24) is 9.88 Å². The molecule has 0 radical (unpaired) electrons. The third kappa shape index (κ3) is 3.44. The fourth-order valence-corrected chi connectivity index (χ4v) is 2.72. The van der Waals surface area contributed by atoms with Crippen molar-refractivity contribution in [3.05, 3.63) is 58.4 Å². The summed E-state index contributed by atoms with van der Waals surface area (Å²) in [7, 11) is 0. The van der Waals surface area contributed by atoms with Crippen LogP contribution in [0.5, 0.6) is 0 Å². The van der Waals surface area contributed by atoms with Crippen LogP contribution in [0.3, 0.4) is 0 Å². The van der Waals surface area contributed by atoms with E-state index in [1.54, 1.807) is 17.2 Å². The molecule has 1 aliphatic rings. The lowest BCUT2D eigenvalue weighted by Crippen LogP contribution is -2.50. The van der Waals surface area contributed by atoms with E-state index in [0.717, 1.165) is 22.4 Å². The molecule has 22 heavy (non-hydrogen) atoms. The normalized spacial score (nSPS) is 15.3. The van der Waals surface area contributed by atoms with Crippen LogP contribution in [0.4, 0.5) is 10.2 Å². The molecule has 1 amide bonds. The summed E-state index contributed by atoms with van der Waals surface area (Å²) in [5.74, 6) is 0.546. The van der Waals surface area contributed by atoms with E-state index >= 15 is 0 Å². The predicted octanol–water partition coefficient (Wildman–Crippen LogP) is 2.83. The minimum Gasteiger partial charge on any atom is -0.346 e. The van der Waals surface area contributed by atoms with Gasteiger partial charge in [-0.25, -0.2) is 9.37 Å². The monoisotopic (exact) mass is 363 g/mol. The molecular weight excluding hydrogens is 349 g/mol. The van der Waals surface area contributed by atoms with Gasteiger partial charge < -0.3 is 9.80 Å². The average Bonchev–Trinajstić information content (AvgIpc) is 2.50. The summed E-state index contributed by atoms with van der Waals surface area (Å²) in [4.78, 5) is 20.3. The van der Waals surface area contributed by atoms with Gasteiger partial charge in [-0.05, 0) is 45.8 Å². The molecule has 1 aromatic carbocycles. The van der Waals surface area contributed by atoms with Gasteiger partial charge in [-0.2, -0.15) is 0 Å². The van der Waals surface area contributed by atoms with Crippen LogP contribution >= 0.6 is 15.9 Å². The molecule has 0 bridgehead atoms. The highest BCUT2D eigenvalue weighted by atomic mass is 79.9. The van der Waals surface area contributed by atoms with E-state index in [9.17, 15) is 9.18 Å². The van der Waals surface area contributed by atoms with Gasteiger partial charge in [-0.3, -0.25) is 4.79 Å². The number of nitrogens with zero attached hydrogens (tertiary/aromatic N) is 3. The van der Waals surface area contributed by atoms with Crippen LogP contribution in [0.15, 0.2) is 47.1 Å². The smallest absolute Gasteiger partial charge is 0.242 e. The van der Waals surface area contributed by atoms with Crippen molar-refractivity contribution < 1.29 is 9.18 Å². The van der Waals surface area contributed by atoms with E-state index in [1.165, 1.54) is 12.1 Å². The number of rotatable bonds is 3. The topological polar surface area (TPSA) is 36.4 Å². The highest BCUT2D eigenvalue weighted by Crippen LogP contribution is 2.18. The number of anilines is 1. The van der Waals surface area contributed by atoms with E-state index in [0.29, 0.717) is 19.6 Å². The second kappa shape index (κ2) is 6.44. The highest BCUT2D eigenvalue weighted by molar-refractivity contribution is 9.10. The van der Waals surface area contributed by atoms with Crippen molar-refractivity contribution >= 4 is 27.7 Å². The molecule has 0 saturated carbocycles. The van der Waals surface area contributed by atoms with Crippen molar-refractivity contribution in [2.45, 2.75) is 6.54 Å². The Morgan fingerprint density at radius 1 is 1.23 bits per heavy atom. The number of halogens is 2. The zero-order valence-electron chi connectivity index (χ0n) is 11.9. The standard InChI is InChI=1S/C16H15BrFN3O/c17-13-4-5-15(19-9-13)20-6-7-21(16(22)11-20)10-12-2-1-3-14(18)8-12/h1-5,8-9H,6-7,10-11H2. The van der Waals surface area contributed by atoms with Gasteiger partial charge in [-0.15, -0.1) is 0 Å². The van der Waals surface area contributed by atoms with Crippen LogP contribution in [0.2, 0.25) is 0 Å². The van der Waals surface area contributed by atoms with Crippen molar-refractivity contribution in [3.8, 4) is 0 Å². The van der Waals surface area contributed by atoms with Gasteiger partial charge in [0.1, 0.15) is 11.6 Å². The Morgan fingerprint density at radius 2 is 2.09 bits per heavy atom. The van der Waals surface area contributed by atoms with Gasteiger partial charge >= 0.3 is 0 Å². The first-order valence-corrected chi connectivity index (χ1v) is 7.80. The first-order chi connectivity index (χ1) is 10.6. The Hall–Kier alpha value is -1.95. The molecule has 1 saturated heterocycles. The first kappa shape index (κ1) is 15.0. The molecule has 1 aliphatic heterocycles. The Balaban J connectivity index is 1.65. The van der Waals surface area contributed by atoms with Gasteiger partial charge in [-0.1, -0.05) is 12.1 Å². The van der Waals surface area contributed by atoms with Gasteiger partial charge in [0, 0.05) is 30.3 Å². The Morgan fingerprint density at radius 3 is 2.77 bits per heavy atom. The third-order valence-corrected chi connectivity index (χ3v) is 4.09. The fraction of sp³-hybridized carbons (Fsp3) is 0.250. The van der Waals surface area contributed by atoms with Gasteiger partial charge in [0.2, 0.25) is 5.91 Å². The van der Waals surface area contributed by atoms with E-state index in [2.05, 4.69) is 20.9 Å². The number of hydrogen-bond donors (Lipinski definition) is 0. The van der Waals surface area contributed by atoms with E-state index < -0.39 is 0 Å². The number of aromatic nitrogens is 1. The second-order valence-electron chi connectivity index (χ2n) is 5.20. The molecule has 0 spiro atoms. The molecule has 114 valence electrons. The average molecular weight is 364 g/mol. The quantitative estimate of drug-likeness (QED) is 0.841. The number of carbonyl (C=O) groups excluding carboxylic acids is 1. The zero-order valence-corrected chi connectivity index (χ0v) is 13.5. The van der Waals surface area contributed by atoms with Gasteiger partial charge in [0.05, 0.1) is 6.54 Å². The summed E-state index contributed by atoms with van der Waals surface area (Å²) < 4.78 is 14.1. The lowest BCUT2D eigenvalue weighted by atomic mass is 10.2. The minimum absolute atomic E-state index is 0.0280. The summed E-state index contributed by atoms with van der Waals surface area (Å²) in [6.07, 6.45) is 1.72. The molecule has 1 aromatic heterocycles.